The largest absolute Gasteiger partial charge is 0.300 e. The van der Waals surface area contributed by atoms with Crippen molar-refractivity contribution < 1.29 is 14.4 Å². The van der Waals surface area contributed by atoms with E-state index in [9.17, 15) is 14.4 Å². The number of aromatic nitrogens is 1. The third-order valence-corrected chi connectivity index (χ3v) is 4.81. The number of hydrogen-bond donors (Lipinski definition) is 1. The highest BCUT2D eigenvalue weighted by atomic mass is 32.1. The van der Waals surface area contributed by atoms with E-state index >= 15 is 0 Å². The van der Waals surface area contributed by atoms with Crippen LogP contribution in [0.1, 0.15) is 45.9 Å². The van der Waals surface area contributed by atoms with Crippen LogP contribution in [0.2, 0.25) is 0 Å². The maximum atomic E-state index is 12.8. The average molecular weight is 357 g/mol. The van der Waals surface area contributed by atoms with E-state index in [1.807, 2.05) is 20.8 Å². The van der Waals surface area contributed by atoms with Gasteiger partial charge in [-0.05, 0) is 31.4 Å². The first-order valence-electron chi connectivity index (χ1n) is 8.08. The molecule has 25 heavy (non-hydrogen) atoms. The highest BCUT2D eigenvalue weighted by Crippen LogP contribution is 2.28. The Kier molecular flexibility index (Phi) is 4.67. The highest BCUT2D eigenvalue weighted by molar-refractivity contribution is 7.15. The minimum Gasteiger partial charge on any atom is -0.300 e. The van der Waals surface area contributed by atoms with Gasteiger partial charge in [0.05, 0.1) is 11.1 Å². The number of imide groups is 1. The molecule has 0 bridgehead atoms. The molecule has 3 rings (SSSR count). The standard InChI is InChI=1S/C18H19N3O3S/c1-10(2)8-14(15(22)20-18-19-9-11(3)25-18)21-16(23)12-6-4-5-7-13(12)17(21)24/h4-7,9-10,14H,8H2,1-3H3,(H,19,20,22). The Labute approximate surface area is 149 Å². The smallest absolute Gasteiger partial charge is 0.262 e. The quantitative estimate of drug-likeness (QED) is 0.834. The lowest BCUT2D eigenvalue weighted by molar-refractivity contribution is -0.120. The van der Waals surface area contributed by atoms with Gasteiger partial charge >= 0.3 is 0 Å². The van der Waals surface area contributed by atoms with Crippen molar-refractivity contribution in [2.45, 2.75) is 33.2 Å². The number of aryl methyl sites for hydroxylation is 1. The maximum absolute atomic E-state index is 12.8. The van der Waals surface area contributed by atoms with Crippen LogP contribution in [0, 0.1) is 12.8 Å². The Morgan fingerprint density at radius 3 is 2.28 bits per heavy atom. The van der Waals surface area contributed by atoms with Crippen LogP contribution in [0.5, 0.6) is 0 Å². The summed E-state index contributed by atoms with van der Waals surface area (Å²) in [5, 5.41) is 3.20. The molecule has 6 nitrogen and oxygen atoms in total. The summed E-state index contributed by atoms with van der Waals surface area (Å²) in [6.45, 7) is 5.79. The average Bonchev–Trinajstić information content (AvgIpc) is 3.08. The molecule has 1 N–H and O–H groups in total. The lowest BCUT2D eigenvalue weighted by Crippen LogP contribution is -2.47. The van der Waals surface area contributed by atoms with E-state index in [2.05, 4.69) is 10.3 Å². The summed E-state index contributed by atoms with van der Waals surface area (Å²) >= 11 is 1.35. The van der Waals surface area contributed by atoms with Crippen LogP contribution in [-0.4, -0.2) is 33.6 Å². The molecule has 1 aliphatic rings. The lowest BCUT2D eigenvalue weighted by atomic mass is 10.0. The minimum atomic E-state index is -0.864. The van der Waals surface area contributed by atoms with E-state index in [0.29, 0.717) is 22.7 Å². The summed E-state index contributed by atoms with van der Waals surface area (Å²) in [6.07, 6.45) is 2.06. The number of benzene rings is 1. The lowest BCUT2D eigenvalue weighted by Gasteiger charge is -2.26. The number of carbonyl (C=O) groups is 3. The molecule has 1 aliphatic heterocycles. The molecular formula is C18H19N3O3S. The van der Waals surface area contributed by atoms with Crippen LogP contribution < -0.4 is 5.32 Å². The van der Waals surface area contributed by atoms with Gasteiger partial charge in [-0.25, -0.2) is 4.98 Å². The van der Waals surface area contributed by atoms with Crippen LogP contribution >= 0.6 is 11.3 Å². The molecule has 0 radical (unpaired) electrons. The molecule has 1 aromatic carbocycles. The predicted molar refractivity (Wildman–Crippen MR) is 95.7 cm³/mol. The van der Waals surface area contributed by atoms with Crippen molar-refractivity contribution in [2.75, 3.05) is 5.32 Å². The van der Waals surface area contributed by atoms with Crippen LogP contribution in [0.15, 0.2) is 30.5 Å². The summed E-state index contributed by atoms with van der Waals surface area (Å²) in [7, 11) is 0. The molecule has 2 aromatic rings. The van der Waals surface area contributed by atoms with Crippen molar-refractivity contribution in [1.29, 1.82) is 0 Å². The van der Waals surface area contributed by atoms with Gasteiger partial charge in [-0.1, -0.05) is 26.0 Å². The van der Waals surface area contributed by atoms with Crippen molar-refractivity contribution in [3.8, 4) is 0 Å². The van der Waals surface area contributed by atoms with E-state index in [4.69, 9.17) is 0 Å². The zero-order chi connectivity index (χ0) is 18.1. The van der Waals surface area contributed by atoms with Crippen LogP contribution in [0.4, 0.5) is 5.13 Å². The first kappa shape index (κ1) is 17.3. The Bertz CT molecular complexity index is 809. The minimum absolute atomic E-state index is 0.137. The van der Waals surface area contributed by atoms with Crippen LogP contribution in [-0.2, 0) is 4.79 Å². The zero-order valence-corrected chi connectivity index (χ0v) is 15.1. The van der Waals surface area contributed by atoms with Gasteiger partial charge in [0, 0.05) is 11.1 Å². The zero-order valence-electron chi connectivity index (χ0n) is 14.3. The SMILES string of the molecule is Cc1cnc(NC(=O)C(CC(C)C)N2C(=O)c3ccccc3C2=O)s1. The Balaban J connectivity index is 1.90. The fourth-order valence-corrected chi connectivity index (χ4v) is 3.54. The number of hydrogen-bond acceptors (Lipinski definition) is 5. The van der Waals surface area contributed by atoms with Crippen molar-refractivity contribution in [3.63, 3.8) is 0 Å². The number of nitrogens with zero attached hydrogens (tertiary/aromatic N) is 2. The number of carbonyl (C=O) groups excluding carboxylic acids is 3. The molecule has 3 amide bonds. The molecule has 0 fully saturated rings. The van der Waals surface area contributed by atoms with Gasteiger partial charge in [-0.3, -0.25) is 19.3 Å². The fraction of sp³-hybridized carbons (Fsp3) is 0.333. The van der Waals surface area contributed by atoms with Gasteiger partial charge in [0.1, 0.15) is 6.04 Å². The summed E-state index contributed by atoms with van der Waals surface area (Å²) in [5.41, 5.74) is 0.693. The predicted octanol–water partition coefficient (Wildman–Crippen LogP) is 3.10. The molecule has 0 saturated heterocycles. The van der Waals surface area contributed by atoms with Crippen molar-refractivity contribution in [2.24, 2.45) is 5.92 Å². The molecule has 1 aromatic heterocycles. The van der Waals surface area contributed by atoms with Crippen LogP contribution in [0.25, 0.3) is 0 Å². The van der Waals surface area contributed by atoms with E-state index in [-0.39, 0.29) is 5.92 Å². The molecule has 0 saturated carbocycles. The third kappa shape index (κ3) is 3.32. The molecule has 0 aliphatic carbocycles. The monoisotopic (exact) mass is 357 g/mol. The van der Waals surface area contributed by atoms with Gasteiger partial charge in [0.15, 0.2) is 5.13 Å². The molecule has 2 heterocycles. The second-order valence-electron chi connectivity index (χ2n) is 6.44. The summed E-state index contributed by atoms with van der Waals surface area (Å²) in [4.78, 5) is 44.4. The number of anilines is 1. The number of thiazole rings is 1. The number of amides is 3. The van der Waals surface area contributed by atoms with Crippen molar-refractivity contribution in [1.82, 2.24) is 9.88 Å². The summed E-state index contributed by atoms with van der Waals surface area (Å²) < 4.78 is 0. The molecule has 130 valence electrons. The van der Waals surface area contributed by atoms with Gasteiger partial charge in [0.2, 0.25) is 5.91 Å². The topological polar surface area (TPSA) is 79.4 Å². The van der Waals surface area contributed by atoms with E-state index in [1.165, 1.54) is 11.3 Å². The highest BCUT2D eigenvalue weighted by Gasteiger charge is 2.42. The van der Waals surface area contributed by atoms with Gasteiger partial charge in [-0.2, -0.15) is 0 Å². The molecule has 1 unspecified atom stereocenters. The van der Waals surface area contributed by atoms with E-state index < -0.39 is 23.8 Å². The first-order chi connectivity index (χ1) is 11.9. The number of rotatable bonds is 5. The van der Waals surface area contributed by atoms with E-state index in [0.717, 1.165) is 9.78 Å². The third-order valence-electron chi connectivity index (χ3n) is 3.99. The Morgan fingerprint density at radius 1 is 1.20 bits per heavy atom. The second kappa shape index (κ2) is 6.76. The maximum Gasteiger partial charge on any atom is 0.262 e. The first-order valence-corrected chi connectivity index (χ1v) is 8.90. The fourth-order valence-electron chi connectivity index (χ4n) is 2.87. The number of fused-ring (bicyclic) bond motifs is 1. The van der Waals surface area contributed by atoms with Crippen molar-refractivity contribution >= 4 is 34.2 Å². The molecule has 1 atom stereocenters. The molecular weight excluding hydrogens is 338 g/mol. The van der Waals surface area contributed by atoms with E-state index in [1.54, 1.807) is 30.5 Å². The van der Waals surface area contributed by atoms with Gasteiger partial charge < -0.3 is 5.32 Å². The van der Waals surface area contributed by atoms with Crippen molar-refractivity contribution in [3.05, 3.63) is 46.5 Å². The van der Waals surface area contributed by atoms with Gasteiger partial charge in [-0.15, -0.1) is 11.3 Å². The summed E-state index contributed by atoms with van der Waals surface area (Å²) in [6, 6.07) is 5.79. The normalized spacial score (nSPS) is 14.8. The Morgan fingerprint density at radius 2 is 1.80 bits per heavy atom. The second-order valence-corrected chi connectivity index (χ2v) is 7.67. The Hall–Kier alpha value is -2.54. The number of nitrogens with one attached hydrogen (secondary N) is 1. The van der Waals surface area contributed by atoms with Gasteiger partial charge in [0.25, 0.3) is 11.8 Å². The molecule has 7 heteroatoms. The summed E-state index contributed by atoms with van der Waals surface area (Å²) in [5.74, 6) is -1.09. The molecule has 0 spiro atoms. The van der Waals surface area contributed by atoms with Crippen LogP contribution in [0.3, 0.4) is 0 Å².